The third kappa shape index (κ3) is 4.90. The van der Waals surface area contributed by atoms with Gasteiger partial charge in [0.05, 0.1) is 10.5 Å². The molecule has 0 bridgehead atoms. The summed E-state index contributed by atoms with van der Waals surface area (Å²) in [4.78, 5) is 24.2. The number of hydrogen-bond acceptors (Lipinski definition) is 5. The number of nitrogens with two attached hydrogens (primary N) is 1. The van der Waals surface area contributed by atoms with Gasteiger partial charge in [-0.1, -0.05) is 6.07 Å². The number of primary sulfonamides is 1. The zero-order valence-corrected chi connectivity index (χ0v) is 15.5. The standard InChI is InChI=1S/C18H20N2O5S/c1-11-4-5-14(10-12(11)2)18(22)25-13(3)17(21)20-15-6-8-16(9-7-15)26(19,23)24/h4-10,13H,1-3H3,(H,20,21)(H2,19,23,24)/t13-/m0/s1. The van der Waals surface area contributed by atoms with Gasteiger partial charge in [0, 0.05) is 5.69 Å². The van der Waals surface area contributed by atoms with Gasteiger partial charge in [-0.25, -0.2) is 18.4 Å². The Morgan fingerprint density at radius 3 is 2.19 bits per heavy atom. The van der Waals surface area contributed by atoms with E-state index in [1.54, 1.807) is 12.1 Å². The SMILES string of the molecule is Cc1ccc(C(=O)O[C@@H](C)C(=O)Nc2ccc(S(N)(=O)=O)cc2)cc1C. The van der Waals surface area contributed by atoms with Crippen LogP contribution in [0.3, 0.4) is 0 Å². The van der Waals surface area contributed by atoms with E-state index in [4.69, 9.17) is 9.88 Å². The molecule has 0 saturated heterocycles. The number of hydrogen-bond donors (Lipinski definition) is 2. The molecule has 0 saturated carbocycles. The fourth-order valence-corrected chi connectivity index (χ4v) is 2.64. The average Bonchev–Trinajstić information content (AvgIpc) is 2.56. The van der Waals surface area contributed by atoms with Gasteiger partial charge in [0.2, 0.25) is 10.0 Å². The lowest BCUT2D eigenvalue weighted by Crippen LogP contribution is -2.30. The van der Waals surface area contributed by atoms with Gasteiger partial charge in [0.15, 0.2) is 6.10 Å². The average molecular weight is 376 g/mol. The van der Waals surface area contributed by atoms with Gasteiger partial charge in [0.1, 0.15) is 0 Å². The highest BCUT2D eigenvalue weighted by atomic mass is 32.2. The first kappa shape index (κ1) is 19.6. The number of carbonyl (C=O) groups is 2. The molecular weight excluding hydrogens is 356 g/mol. The van der Waals surface area contributed by atoms with Crippen molar-refractivity contribution in [3.8, 4) is 0 Å². The molecular formula is C18H20N2O5S. The fraction of sp³-hybridized carbons (Fsp3) is 0.222. The van der Waals surface area contributed by atoms with Crippen molar-refractivity contribution in [1.82, 2.24) is 0 Å². The van der Waals surface area contributed by atoms with Crippen molar-refractivity contribution >= 4 is 27.6 Å². The molecule has 0 aliphatic heterocycles. The topological polar surface area (TPSA) is 116 Å². The molecule has 2 rings (SSSR count). The maximum Gasteiger partial charge on any atom is 0.338 e. The van der Waals surface area contributed by atoms with Crippen LogP contribution in [0.15, 0.2) is 47.4 Å². The molecule has 2 aromatic carbocycles. The summed E-state index contributed by atoms with van der Waals surface area (Å²) in [7, 11) is -3.80. The number of carbonyl (C=O) groups excluding carboxylic acids is 2. The van der Waals surface area contributed by atoms with Gasteiger partial charge in [-0.2, -0.15) is 0 Å². The Bertz CT molecular complexity index is 937. The first-order valence-electron chi connectivity index (χ1n) is 7.80. The van der Waals surface area contributed by atoms with E-state index >= 15 is 0 Å². The number of nitrogens with one attached hydrogen (secondary N) is 1. The molecule has 0 radical (unpaired) electrons. The Labute approximate surface area is 152 Å². The number of esters is 1. The molecule has 0 aliphatic carbocycles. The Morgan fingerprint density at radius 1 is 1.04 bits per heavy atom. The summed E-state index contributed by atoms with van der Waals surface area (Å²) in [5.41, 5.74) is 2.73. The number of anilines is 1. The lowest BCUT2D eigenvalue weighted by molar-refractivity contribution is -0.123. The zero-order chi connectivity index (χ0) is 19.5. The van der Waals surface area contributed by atoms with E-state index in [1.807, 2.05) is 19.9 Å². The van der Waals surface area contributed by atoms with Crippen LogP contribution in [0.2, 0.25) is 0 Å². The van der Waals surface area contributed by atoms with Crippen molar-refractivity contribution in [3.63, 3.8) is 0 Å². The van der Waals surface area contributed by atoms with E-state index in [2.05, 4.69) is 5.32 Å². The second-order valence-corrected chi connectivity index (χ2v) is 7.47. The molecule has 0 unspecified atom stereocenters. The third-order valence-electron chi connectivity index (χ3n) is 3.85. The van der Waals surface area contributed by atoms with Gasteiger partial charge in [-0.15, -0.1) is 0 Å². The molecule has 8 heteroatoms. The van der Waals surface area contributed by atoms with E-state index in [-0.39, 0.29) is 4.90 Å². The molecule has 2 aromatic rings. The van der Waals surface area contributed by atoms with E-state index in [0.29, 0.717) is 11.3 Å². The first-order chi connectivity index (χ1) is 12.1. The van der Waals surface area contributed by atoms with Crippen LogP contribution < -0.4 is 10.5 Å². The molecule has 0 aromatic heterocycles. The van der Waals surface area contributed by atoms with Gasteiger partial charge >= 0.3 is 5.97 Å². The van der Waals surface area contributed by atoms with Crippen LogP contribution in [0.4, 0.5) is 5.69 Å². The molecule has 26 heavy (non-hydrogen) atoms. The molecule has 0 heterocycles. The van der Waals surface area contributed by atoms with Gasteiger partial charge < -0.3 is 10.1 Å². The molecule has 7 nitrogen and oxygen atoms in total. The Balaban J connectivity index is 2.00. The Kier molecular flexibility index (Phi) is 5.79. The molecule has 0 aliphatic rings. The quantitative estimate of drug-likeness (QED) is 0.776. The molecule has 0 spiro atoms. The summed E-state index contributed by atoms with van der Waals surface area (Å²) in [5, 5.41) is 7.56. The van der Waals surface area contributed by atoms with Crippen LogP contribution in [0.1, 0.15) is 28.4 Å². The highest BCUT2D eigenvalue weighted by Gasteiger charge is 2.19. The van der Waals surface area contributed by atoms with Crippen LogP contribution >= 0.6 is 0 Å². The highest BCUT2D eigenvalue weighted by Crippen LogP contribution is 2.15. The normalized spacial score (nSPS) is 12.3. The lowest BCUT2D eigenvalue weighted by atomic mass is 10.1. The lowest BCUT2D eigenvalue weighted by Gasteiger charge is -2.14. The summed E-state index contributed by atoms with van der Waals surface area (Å²) in [6, 6.07) is 10.5. The van der Waals surface area contributed by atoms with Gasteiger partial charge in [-0.05, 0) is 68.3 Å². The van der Waals surface area contributed by atoms with E-state index in [1.165, 1.54) is 31.2 Å². The van der Waals surface area contributed by atoms with Crippen LogP contribution in [-0.2, 0) is 19.6 Å². The van der Waals surface area contributed by atoms with Crippen LogP contribution in [0.5, 0.6) is 0 Å². The predicted octanol–water partition coefficient (Wildman–Crippen LogP) is 2.13. The largest absolute Gasteiger partial charge is 0.449 e. The van der Waals surface area contributed by atoms with E-state index < -0.39 is 28.0 Å². The van der Waals surface area contributed by atoms with Crippen molar-refractivity contribution < 1.29 is 22.7 Å². The third-order valence-corrected chi connectivity index (χ3v) is 4.78. The maximum absolute atomic E-state index is 12.2. The van der Waals surface area contributed by atoms with E-state index in [0.717, 1.165) is 11.1 Å². The predicted molar refractivity (Wildman–Crippen MR) is 97.2 cm³/mol. The Hall–Kier alpha value is -2.71. The maximum atomic E-state index is 12.2. The fourth-order valence-electron chi connectivity index (χ4n) is 2.12. The van der Waals surface area contributed by atoms with Gasteiger partial charge in [0.25, 0.3) is 5.91 Å². The molecule has 0 fully saturated rings. The van der Waals surface area contributed by atoms with Crippen molar-refractivity contribution in [2.24, 2.45) is 5.14 Å². The van der Waals surface area contributed by atoms with Crippen molar-refractivity contribution in [3.05, 3.63) is 59.2 Å². The summed E-state index contributed by atoms with van der Waals surface area (Å²) in [6.07, 6.45) is -1.03. The number of sulfonamides is 1. The monoisotopic (exact) mass is 376 g/mol. The first-order valence-corrected chi connectivity index (χ1v) is 9.34. The second-order valence-electron chi connectivity index (χ2n) is 5.91. The van der Waals surface area contributed by atoms with Crippen molar-refractivity contribution in [2.75, 3.05) is 5.32 Å². The molecule has 1 amide bonds. The number of ether oxygens (including phenoxy) is 1. The highest BCUT2D eigenvalue weighted by molar-refractivity contribution is 7.89. The number of aryl methyl sites for hydroxylation is 2. The zero-order valence-electron chi connectivity index (χ0n) is 14.6. The Morgan fingerprint density at radius 2 is 1.65 bits per heavy atom. The summed E-state index contributed by atoms with van der Waals surface area (Å²) in [5.74, 6) is -1.13. The van der Waals surface area contributed by atoms with Crippen LogP contribution in [-0.4, -0.2) is 26.4 Å². The van der Waals surface area contributed by atoms with Crippen molar-refractivity contribution in [1.29, 1.82) is 0 Å². The second kappa shape index (κ2) is 7.67. The van der Waals surface area contributed by atoms with E-state index in [9.17, 15) is 18.0 Å². The minimum absolute atomic E-state index is 0.0651. The van der Waals surface area contributed by atoms with Gasteiger partial charge in [-0.3, -0.25) is 4.79 Å². The summed E-state index contributed by atoms with van der Waals surface area (Å²) < 4.78 is 27.6. The smallest absolute Gasteiger partial charge is 0.338 e. The van der Waals surface area contributed by atoms with Crippen LogP contribution in [0, 0.1) is 13.8 Å². The summed E-state index contributed by atoms with van der Waals surface area (Å²) >= 11 is 0. The number of rotatable bonds is 5. The van der Waals surface area contributed by atoms with Crippen molar-refractivity contribution in [2.45, 2.75) is 31.8 Å². The number of benzene rings is 2. The van der Waals surface area contributed by atoms with Crippen LogP contribution in [0.25, 0.3) is 0 Å². The molecule has 3 N–H and O–H groups in total. The summed E-state index contributed by atoms with van der Waals surface area (Å²) in [6.45, 7) is 5.27. The minimum atomic E-state index is -3.80. The number of amides is 1. The minimum Gasteiger partial charge on any atom is -0.449 e. The molecule has 1 atom stereocenters. The molecule has 138 valence electrons.